The van der Waals surface area contributed by atoms with Crippen molar-refractivity contribution in [1.29, 1.82) is 0 Å². The van der Waals surface area contributed by atoms with Gasteiger partial charge in [-0.1, -0.05) is 30.3 Å². The van der Waals surface area contributed by atoms with Gasteiger partial charge in [0.25, 0.3) is 0 Å². The Balaban J connectivity index is 1.71. The van der Waals surface area contributed by atoms with Gasteiger partial charge in [-0.2, -0.15) is 0 Å². The number of benzene rings is 1. The summed E-state index contributed by atoms with van der Waals surface area (Å²) in [6.45, 7) is 2.98. The lowest BCUT2D eigenvalue weighted by Gasteiger charge is -2.12. The SMILES string of the molecule is COCC(C)NC1CC1Cc1ccccc1. The lowest BCUT2D eigenvalue weighted by Crippen LogP contribution is -2.33. The first kappa shape index (κ1) is 11.6. The van der Waals surface area contributed by atoms with E-state index < -0.39 is 0 Å². The largest absolute Gasteiger partial charge is 0.383 e. The van der Waals surface area contributed by atoms with E-state index in [4.69, 9.17) is 4.74 Å². The summed E-state index contributed by atoms with van der Waals surface area (Å²) in [5, 5.41) is 3.60. The van der Waals surface area contributed by atoms with Gasteiger partial charge in [-0.25, -0.2) is 0 Å². The van der Waals surface area contributed by atoms with Crippen LogP contribution in [0, 0.1) is 5.92 Å². The van der Waals surface area contributed by atoms with Crippen LogP contribution in [0.3, 0.4) is 0 Å². The summed E-state index contributed by atoms with van der Waals surface area (Å²) in [6, 6.07) is 11.9. The quantitative estimate of drug-likeness (QED) is 0.792. The second-order valence-electron chi connectivity index (χ2n) is 4.82. The van der Waals surface area contributed by atoms with Crippen molar-refractivity contribution in [3.8, 4) is 0 Å². The molecule has 1 aromatic rings. The molecular formula is C14H21NO. The molecular weight excluding hydrogens is 198 g/mol. The summed E-state index contributed by atoms with van der Waals surface area (Å²) in [5.41, 5.74) is 1.45. The third kappa shape index (κ3) is 3.32. The van der Waals surface area contributed by atoms with Gasteiger partial charge in [-0.15, -0.1) is 0 Å². The summed E-state index contributed by atoms with van der Waals surface area (Å²) in [6.07, 6.45) is 2.52. The van der Waals surface area contributed by atoms with Crippen molar-refractivity contribution in [3.05, 3.63) is 35.9 Å². The highest BCUT2D eigenvalue weighted by Gasteiger charge is 2.37. The van der Waals surface area contributed by atoms with E-state index in [-0.39, 0.29) is 0 Å². The lowest BCUT2D eigenvalue weighted by atomic mass is 10.1. The van der Waals surface area contributed by atoms with Crippen LogP contribution >= 0.6 is 0 Å². The Kier molecular flexibility index (Phi) is 3.97. The Morgan fingerprint density at radius 1 is 1.38 bits per heavy atom. The van der Waals surface area contributed by atoms with Gasteiger partial charge in [0.2, 0.25) is 0 Å². The van der Waals surface area contributed by atoms with Crippen LogP contribution in [-0.2, 0) is 11.2 Å². The fourth-order valence-corrected chi connectivity index (χ4v) is 2.26. The van der Waals surface area contributed by atoms with Crippen LogP contribution in [0.5, 0.6) is 0 Å². The normalized spacial score (nSPS) is 25.4. The monoisotopic (exact) mass is 219 g/mol. The third-order valence-electron chi connectivity index (χ3n) is 3.18. The third-order valence-corrected chi connectivity index (χ3v) is 3.18. The Labute approximate surface area is 98.0 Å². The predicted molar refractivity (Wildman–Crippen MR) is 66.5 cm³/mol. The molecule has 1 aromatic carbocycles. The Morgan fingerprint density at radius 2 is 2.12 bits per heavy atom. The minimum Gasteiger partial charge on any atom is -0.383 e. The topological polar surface area (TPSA) is 21.3 Å². The molecule has 3 atom stereocenters. The second kappa shape index (κ2) is 5.46. The van der Waals surface area contributed by atoms with Gasteiger partial charge >= 0.3 is 0 Å². The molecule has 0 bridgehead atoms. The highest BCUT2D eigenvalue weighted by Crippen LogP contribution is 2.34. The van der Waals surface area contributed by atoms with Gasteiger partial charge in [0, 0.05) is 19.2 Å². The lowest BCUT2D eigenvalue weighted by molar-refractivity contribution is 0.171. The molecule has 2 rings (SSSR count). The predicted octanol–water partition coefficient (Wildman–Crippen LogP) is 2.24. The molecule has 16 heavy (non-hydrogen) atoms. The molecule has 0 radical (unpaired) electrons. The first-order valence-electron chi connectivity index (χ1n) is 6.08. The highest BCUT2D eigenvalue weighted by molar-refractivity contribution is 5.17. The summed E-state index contributed by atoms with van der Waals surface area (Å²) in [4.78, 5) is 0. The summed E-state index contributed by atoms with van der Waals surface area (Å²) < 4.78 is 5.12. The summed E-state index contributed by atoms with van der Waals surface area (Å²) >= 11 is 0. The Hall–Kier alpha value is -0.860. The molecule has 2 heteroatoms. The van der Waals surface area contributed by atoms with Gasteiger partial charge in [-0.3, -0.25) is 0 Å². The van der Waals surface area contributed by atoms with Crippen LogP contribution in [-0.4, -0.2) is 25.8 Å². The molecule has 0 spiro atoms. The van der Waals surface area contributed by atoms with Crippen molar-refractivity contribution in [2.24, 2.45) is 5.92 Å². The van der Waals surface area contributed by atoms with E-state index in [0.29, 0.717) is 12.1 Å². The van der Waals surface area contributed by atoms with Crippen LogP contribution in [0.2, 0.25) is 0 Å². The first-order chi connectivity index (χ1) is 7.79. The molecule has 88 valence electrons. The molecule has 0 aromatic heterocycles. The smallest absolute Gasteiger partial charge is 0.0613 e. The van der Waals surface area contributed by atoms with Crippen molar-refractivity contribution < 1.29 is 4.74 Å². The number of hydrogen-bond donors (Lipinski definition) is 1. The number of methoxy groups -OCH3 is 1. The van der Waals surface area contributed by atoms with E-state index in [0.717, 1.165) is 12.5 Å². The maximum Gasteiger partial charge on any atom is 0.0613 e. The maximum atomic E-state index is 5.12. The van der Waals surface area contributed by atoms with Crippen molar-refractivity contribution >= 4 is 0 Å². The van der Waals surface area contributed by atoms with Crippen LogP contribution < -0.4 is 5.32 Å². The Bertz CT molecular complexity index is 312. The molecule has 0 aliphatic heterocycles. The zero-order valence-corrected chi connectivity index (χ0v) is 10.1. The average Bonchev–Trinajstić information content (AvgIpc) is 2.98. The standard InChI is InChI=1S/C14H21NO/c1-11(10-16-2)15-14-9-13(14)8-12-6-4-3-5-7-12/h3-7,11,13-15H,8-10H2,1-2H3. The highest BCUT2D eigenvalue weighted by atomic mass is 16.5. The van der Waals surface area contributed by atoms with E-state index in [9.17, 15) is 0 Å². The summed E-state index contributed by atoms with van der Waals surface area (Å²) in [5.74, 6) is 0.821. The molecule has 2 nitrogen and oxygen atoms in total. The molecule has 0 heterocycles. The van der Waals surface area contributed by atoms with Gasteiger partial charge in [0.15, 0.2) is 0 Å². The number of ether oxygens (including phenoxy) is 1. The van der Waals surface area contributed by atoms with Gasteiger partial charge < -0.3 is 10.1 Å². The van der Waals surface area contributed by atoms with E-state index in [1.54, 1.807) is 7.11 Å². The zero-order chi connectivity index (χ0) is 11.4. The molecule has 3 unspecified atom stereocenters. The molecule has 0 amide bonds. The fraction of sp³-hybridized carbons (Fsp3) is 0.571. The minimum absolute atomic E-state index is 0.468. The maximum absolute atomic E-state index is 5.12. The fourth-order valence-electron chi connectivity index (χ4n) is 2.26. The summed E-state index contributed by atoms with van der Waals surface area (Å²) in [7, 11) is 1.76. The van der Waals surface area contributed by atoms with E-state index in [2.05, 4.69) is 42.6 Å². The molecule has 1 aliphatic rings. The zero-order valence-electron chi connectivity index (χ0n) is 10.1. The molecule has 0 saturated heterocycles. The molecule has 1 N–H and O–H groups in total. The molecule has 1 aliphatic carbocycles. The van der Waals surface area contributed by atoms with Crippen LogP contribution in [0.1, 0.15) is 18.9 Å². The number of rotatable bonds is 6. The van der Waals surface area contributed by atoms with E-state index in [1.807, 2.05) is 0 Å². The van der Waals surface area contributed by atoms with Crippen molar-refractivity contribution in [3.63, 3.8) is 0 Å². The van der Waals surface area contributed by atoms with Crippen molar-refractivity contribution in [1.82, 2.24) is 5.32 Å². The number of nitrogens with one attached hydrogen (secondary N) is 1. The van der Waals surface area contributed by atoms with E-state index >= 15 is 0 Å². The van der Waals surface area contributed by atoms with Crippen LogP contribution in [0.25, 0.3) is 0 Å². The second-order valence-corrected chi connectivity index (χ2v) is 4.82. The number of hydrogen-bond acceptors (Lipinski definition) is 2. The average molecular weight is 219 g/mol. The van der Waals surface area contributed by atoms with Crippen molar-refractivity contribution in [2.45, 2.75) is 31.8 Å². The van der Waals surface area contributed by atoms with Crippen LogP contribution in [0.4, 0.5) is 0 Å². The molecule has 1 fully saturated rings. The molecule has 1 saturated carbocycles. The van der Waals surface area contributed by atoms with E-state index in [1.165, 1.54) is 18.4 Å². The Morgan fingerprint density at radius 3 is 2.81 bits per heavy atom. The van der Waals surface area contributed by atoms with Gasteiger partial charge in [-0.05, 0) is 31.2 Å². The van der Waals surface area contributed by atoms with Gasteiger partial charge in [0.1, 0.15) is 0 Å². The first-order valence-corrected chi connectivity index (χ1v) is 6.08. The van der Waals surface area contributed by atoms with Gasteiger partial charge in [0.05, 0.1) is 6.61 Å². The van der Waals surface area contributed by atoms with Crippen molar-refractivity contribution in [2.75, 3.05) is 13.7 Å². The van der Waals surface area contributed by atoms with Crippen LogP contribution in [0.15, 0.2) is 30.3 Å². The minimum atomic E-state index is 0.468.